The van der Waals surface area contributed by atoms with E-state index in [-0.39, 0.29) is 0 Å². The standard InChI is InChI=1S/C14H27O2Si.Rf/c1-5-8-12-17(13-9-6-2)16-11-10-14(4,15)7-3;/h3,15H,5-6,8-13H2,1-2,4H3;. The Hall–Kier alpha value is -1.30. The SMILES string of the molecule is C#CC(C)(O)CCO[Si](CCCC)CCCC.[Rf]. The molecule has 18 heavy (non-hydrogen) atoms. The zero-order valence-corrected chi connectivity index (χ0v) is 19.7. The minimum absolute atomic E-state index is 0. The molecule has 2 nitrogen and oxygen atoms in total. The van der Waals surface area contributed by atoms with Crippen LogP contribution in [0.5, 0.6) is 0 Å². The summed E-state index contributed by atoms with van der Waals surface area (Å²) >= 11 is 0. The van der Waals surface area contributed by atoms with E-state index in [4.69, 9.17) is 10.8 Å². The smallest absolute Gasteiger partial charge is 0.211 e. The molecule has 1 N–H and O–H groups in total. The van der Waals surface area contributed by atoms with Crippen molar-refractivity contribution in [1.82, 2.24) is 0 Å². The van der Waals surface area contributed by atoms with E-state index in [2.05, 4.69) is 19.8 Å². The van der Waals surface area contributed by atoms with Gasteiger partial charge in [-0.05, 0) is 19.0 Å². The summed E-state index contributed by atoms with van der Waals surface area (Å²) in [5.41, 5.74) is -1.01. The summed E-state index contributed by atoms with van der Waals surface area (Å²) in [6.07, 6.45) is 10.7. The molecule has 0 rings (SSSR count). The molecule has 4 heteroatoms. The van der Waals surface area contributed by atoms with Gasteiger partial charge in [0.25, 0.3) is 0 Å². The topological polar surface area (TPSA) is 29.5 Å². The van der Waals surface area contributed by atoms with E-state index >= 15 is 0 Å². The van der Waals surface area contributed by atoms with Crippen LogP contribution in [-0.2, 0) is 4.43 Å². The fourth-order valence-electron chi connectivity index (χ4n) is 1.48. The van der Waals surface area contributed by atoms with Gasteiger partial charge in [-0.2, -0.15) is 0 Å². The third-order valence-corrected chi connectivity index (χ3v) is 5.26. The second-order valence-electron chi connectivity index (χ2n) is 4.76. The van der Waals surface area contributed by atoms with Crippen molar-refractivity contribution in [3.8, 4) is 12.3 Å². The summed E-state index contributed by atoms with van der Waals surface area (Å²) in [6, 6.07) is 2.44. The van der Waals surface area contributed by atoms with Crippen LogP contribution < -0.4 is 0 Å². The monoisotopic (exact) mass is 522 g/mol. The van der Waals surface area contributed by atoms with E-state index in [1.807, 2.05) is 0 Å². The van der Waals surface area contributed by atoms with Gasteiger partial charge in [0.2, 0.25) is 9.04 Å². The van der Waals surface area contributed by atoms with Crippen molar-refractivity contribution < 1.29 is 9.53 Å². The molecule has 0 aliphatic rings. The number of hydrogen-bond donors (Lipinski definition) is 1. The Morgan fingerprint density at radius 1 is 1.22 bits per heavy atom. The number of hydrogen-bond acceptors (Lipinski definition) is 2. The number of rotatable bonds is 10. The predicted molar refractivity (Wildman–Crippen MR) is 75.2 cm³/mol. The average molecular weight is 522 g/mol. The maximum Gasteiger partial charge on any atom is 0.211 e. The Morgan fingerprint density at radius 3 is 2.11 bits per heavy atom. The molecule has 0 bridgehead atoms. The molecule has 1 radical (unpaired) electrons. The molecule has 0 aromatic carbocycles. The average Bonchev–Trinajstić information content (AvgIpc) is 2.31. The summed E-state index contributed by atoms with van der Waals surface area (Å²) in [5, 5.41) is 9.68. The first-order chi connectivity index (χ1) is 8.05. The molecule has 0 amide bonds. The molecule has 0 aliphatic heterocycles. The Balaban J connectivity index is 0. The van der Waals surface area contributed by atoms with Crippen molar-refractivity contribution in [2.24, 2.45) is 0 Å². The normalized spacial score (nSPS) is 13.8. The van der Waals surface area contributed by atoms with Gasteiger partial charge in [0.1, 0.15) is 5.60 Å². The third-order valence-electron chi connectivity index (χ3n) is 2.82. The number of aliphatic hydroxyl groups is 1. The second-order valence-corrected chi connectivity index (χ2v) is 7.13. The van der Waals surface area contributed by atoms with E-state index < -0.39 is 14.6 Å². The number of terminal acetylenes is 1. The van der Waals surface area contributed by atoms with E-state index in [1.165, 1.54) is 37.8 Å². The molecular weight excluding hydrogens is 495 g/mol. The van der Waals surface area contributed by atoms with Crippen molar-refractivity contribution in [2.45, 2.75) is 70.6 Å². The van der Waals surface area contributed by atoms with Gasteiger partial charge in [-0.25, -0.2) is 0 Å². The van der Waals surface area contributed by atoms with Crippen molar-refractivity contribution in [1.29, 1.82) is 0 Å². The summed E-state index contributed by atoms with van der Waals surface area (Å²) < 4.78 is 5.93. The molecule has 101 valence electrons. The van der Waals surface area contributed by atoms with Crippen LogP contribution in [-0.4, -0.2) is 26.4 Å². The van der Waals surface area contributed by atoms with Crippen LogP contribution in [0.4, 0.5) is 0 Å². The zero-order chi connectivity index (χ0) is 13.1. The molecule has 0 saturated heterocycles. The largest absolute Gasteiger partial charge is 0.416 e. The summed E-state index contributed by atoms with van der Waals surface area (Å²) in [4.78, 5) is 0. The van der Waals surface area contributed by atoms with Gasteiger partial charge in [0.15, 0.2) is 0 Å². The fourth-order valence-corrected chi connectivity index (χ4v) is 3.91. The summed E-state index contributed by atoms with van der Waals surface area (Å²) in [5.74, 6) is 2.39. The van der Waals surface area contributed by atoms with Crippen LogP contribution >= 0.6 is 0 Å². The van der Waals surface area contributed by atoms with Gasteiger partial charge in [-0.1, -0.05) is 45.5 Å². The quantitative estimate of drug-likeness (QED) is 0.352. The molecule has 0 spiro atoms. The van der Waals surface area contributed by atoms with Gasteiger partial charge < -0.3 is 9.53 Å². The molecule has 1 unspecified atom stereocenters. The van der Waals surface area contributed by atoms with Gasteiger partial charge >= 0.3 is 0 Å². The van der Waals surface area contributed by atoms with Crippen LogP contribution in [0.15, 0.2) is 0 Å². The van der Waals surface area contributed by atoms with Crippen molar-refractivity contribution in [3.05, 3.63) is 0 Å². The Morgan fingerprint density at radius 2 is 1.72 bits per heavy atom. The molecule has 0 aromatic rings. The van der Waals surface area contributed by atoms with Gasteiger partial charge in [0, 0.05) is 13.0 Å². The Kier molecular flexibility index (Phi) is 11.5. The minimum atomic E-state index is -1.01. The maximum atomic E-state index is 9.68. The van der Waals surface area contributed by atoms with E-state index in [0.29, 0.717) is 13.0 Å². The molecule has 1 atom stereocenters. The first-order valence-corrected chi connectivity index (χ1v) is 8.55. The van der Waals surface area contributed by atoms with E-state index in [9.17, 15) is 5.11 Å². The van der Waals surface area contributed by atoms with Crippen LogP contribution in [0, 0.1) is 12.3 Å². The Bertz CT molecular complexity index is 218. The van der Waals surface area contributed by atoms with Crippen molar-refractivity contribution >= 4 is 9.04 Å². The van der Waals surface area contributed by atoms with Crippen molar-refractivity contribution in [2.75, 3.05) is 6.61 Å². The first kappa shape index (κ1) is 19.0. The first-order valence-electron chi connectivity index (χ1n) is 6.73. The molecule has 0 heterocycles. The summed E-state index contributed by atoms with van der Waals surface area (Å²) in [6.45, 7) is 6.69. The van der Waals surface area contributed by atoms with Crippen LogP contribution in [0.2, 0.25) is 12.1 Å². The van der Waals surface area contributed by atoms with Crippen LogP contribution in [0.25, 0.3) is 0 Å². The van der Waals surface area contributed by atoms with E-state index in [0.717, 1.165) is 0 Å². The fraction of sp³-hybridized carbons (Fsp3) is 0.857. The van der Waals surface area contributed by atoms with Crippen molar-refractivity contribution in [3.63, 3.8) is 0 Å². The molecule has 0 aromatic heterocycles. The minimum Gasteiger partial charge on any atom is -0.416 e. The molecule has 0 aliphatic carbocycles. The molecule has 0 saturated carbocycles. The Labute approximate surface area is 108 Å². The zero-order valence-electron chi connectivity index (χ0n) is 12.3. The molecule has 0 fully saturated rings. The maximum absolute atomic E-state index is 9.68. The third kappa shape index (κ3) is 9.89. The van der Waals surface area contributed by atoms with Crippen LogP contribution in [0.3, 0.4) is 0 Å². The molecular formula is C14H27O2RfSi. The number of unbranched alkanes of at least 4 members (excludes halogenated alkanes) is 2. The second kappa shape index (κ2) is 10.8. The van der Waals surface area contributed by atoms with Gasteiger partial charge in [-0.15, -0.1) is 6.42 Å². The van der Waals surface area contributed by atoms with E-state index in [1.54, 1.807) is 6.92 Å². The van der Waals surface area contributed by atoms with Crippen LogP contribution in [0.1, 0.15) is 52.9 Å². The van der Waals surface area contributed by atoms with Gasteiger partial charge in [-0.3, -0.25) is 0 Å². The predicted octanol–water partition coefficient (Wildman–Crippen LogP) is 3.37. The van der Waals surface area contributed by atoms with Gasteiger partial charge in [0.05, 0.1) is 0 Å². The summed E-state index contributed by atoms with van der Waals surface area (Å²) in [7, 11) is -0.680.